The summed E-state index contributed by atoms with van der Waals surface area (Å²) in [6, 6.07) is 4.59. The highest BCUT2D eigenvalue weighted by Crippen LogP contribution is 2.21. The van der Waals surface area contributed by atoms with Crippen molar-refractivity contribution < 1.29 is 8.91 Å². The average molecular weight is 298 g/mol. The highest BCUT2D eigenvalue weighted by atomic mass is 35.5. The van der Waals surface area contributed by atoms with Gasteiger partial charge in [-0.1, -0.05) is 29.2 Å². The van der Waals surface area contributed by atoms with Crippen molar-refractivity contribution in [3.8, 4) is 0 Å². The molecule has 0 aliphatic rings. The van der Waals surface area contributed by atoms with Crippen molar-refractivity contribution in [2.45, 2.75) is 32.1 Å². The van der Waals surface area contributed by atoms with Crippen LogP contribution in [-0.4, -0.2) is 16.7 Å². The summed E-state index contributed by atoms with van der Waals surface area (Å²) in [7, 11) is 0. The Hall–Kier alpha value is -1.46. The minimum absolute atomic E-state index is 0.234. The van der Waals surface area contributed by atoms with Crippen LogP contribution in [0.5, 0.6) is 0 Å². The average Bonchev–Trinajstić information content (AvgIpc) is 2.87. The molecule has 6 heteroatoms. The van der Waals surface area contributed by atoms with E-state index in [0.717, 1.165) is 25.7 Å². The topological polar surface area (TPSA) is 64.9 Å². The van der Waals surface area contributed by atoms with Crippen LogP contribution >= 0.6 is 11.6 Å². The number of rotatable bonds is 7. The number of nitrogens with zero attached hydrogens (tertiary/aromatic N) is 2. The van der Waals surface area contributed by atoms with E-state index in [-0.39, 0.29) is 12.2 Å². The first-order chi connectivity index (χ1) is 9.70. The summed E-state index contributed by atoms with van der Waals surface area (Å²) in [4.78, 5) is 4.25. The second-order valence-electron chi connectivity index (χ2n) is 4.58. The number of unbranched alkanes of at least 4 members (excludes halogenated alkanes) is 2. The fraction of sp³-hybridized carbons (Fsp3) is 0.429. The summed E-state index contributed by atoms with van der Waals surface area (Å²) in [6.45, 7) is 0.695. The molecule has 108 valence electrons. The van der Waals surface area contributed by atoms with E-state index >= 15 is 0 Å². The molecule has 2 aromatic rings. The summed E-state index contributed by atoms with van der Waals surface area (Å²) in [5.74, 6) is 0.669. The zero-order valence-electron chi connectivity index (χ0n) is 11.1. The van der Waals surface area contributed by atoms with Gasteiger partial charge in [0.2, 0.25) is 5.89 Å². The lowest BCUT2D eigenvalue weighted by Crippen LogP contribution is -1.98. The van der Waals surface area contributed by atoms with Gasteiger partial charge in [-0.25, -0.2) is 4.39 Å². The molecule has 0 atom stereocenters. The zero-order chi connectivity index (χ0) is 14.4. The molecule has 20 heavy (non-hydrogen) atoms. The van der Waals surface area contributed by atoms with Crippen LogP contribution < -0.4 is 5.73 Å². The van der Waals surface area contributed by atoms with Crippen LogP contribution in [0.4, 0.5) is 4.39 Å². The van der Waals surface area contributed by atoms with Crippen molar-refractivity contribution >= 4 is 11.6 Å². The van der Waals surface area contributed by atoms with Gasteiger partial charge >= 0.3 is 0 Å². The lowest BCUT2D eigenvalue weighted by molar-refractivity contribution is 0.369. The summed E-state index contributed by atoms with van der Waals surface area (Å²) >= 11 is 5.97. The number of nitrogens with two attached hydrogens (primary N) is 1. The predicted molar refractivity (Wildman–Crippen MR) is 75.1 cm³/mol. The Morgan fingerprint density at radius 2 is 2.10 bits per heavy atom. The molecular weight excluding hydrogens is 281 g/mol. The van der Waals surface area contributed by atoms with Crippen molar-refractivity contribution in [2.75, 3.05) is 6.54 Å². The van der Waals surface area contributed by atoms with Crippen molar-refractivity contribution in [1.82, 2.24) is 10.1 Å². The van der Waals surface area contributed by atoms with E-state index < -0.39 is 0 Å². The van der Waals surface area contributed by atoms with Crippen LogP contribution in [0.2, 0.25) is 5.02 Å². The fourth-order valence-corrected chi connectivity index (χ4v) is 2.15. The van der Waals surface area contributed by atoms with Crippen LogP contribution in [0.25, 0.3) is 0 Å². The normalized spacial score (nSPS) is 10.9. The molecule has 0 saturated heterocycles. The third kappa shape index (κ3) is 4.02. The molecule has 0 aliphatic heterocycles. The van der Waals surface area contributed by atoms with Crippen LogP contribution in [0.15, 0.2) is 22.7 Å². The number of benzene rings is 1. The summed E-state index contributed by atoms with van der Waals surface area (Å²) in [5, 5.41) is 4.23. The van der Waals surface area contributed by atoms with Crippen molar-refractivity contribution in [3.63, 3.8) is 0 Å². The van der Waals surface area contributed by atoms with Gasteiger partial charge < -0.3 is 10.3 Å². The number of hydrogen-bond acceptors (Lipinski definition) is 4. The smallest absolute Gasteiger partial charge is 0.226 e. The van der Waals surface area contributed by atoms with Crippen LogP contribution in [0.1, 0.15) is 36.5 Å². The van der Waals surface area contributed by atoms with Crippen molar-refractivity contribution in [1.29, 1.82) is 0 Å². The monoisotopic (exact) mass is 297 g/mol. The fourth-order valence-electron chi connectivity index (χ4n) is 1.92. The van der Waals surface area contributed by atoms with Gasteiger partial charge in [-0.3, -0.25) is 0 Å². The second-order valence-corrected chi connectivity index (χ2v) is 4.99. The maximum Gasteiger partial charge on any atom is 0.226 e. The third-order valence-electron chi connectivity index (χ3n) is 3.00. The Morgan fingerprint density at radius 1 is 1.25 bits per heavy atom. The molecule has 2 rings (SSSR count). The van der Waals surface area contributed by atoms with Gasteiger partial charge in [0.15, 0.2) is 5.82 Å². The van der Waals surface area contributed by atoms with Gasteiger partial charge in [0.05, 0.1) is 0 Å². The standard InChI is InChI=1S/C14H17ClFN3O/c15-11-5-4-6-12(16)10(11)9-13-18-14(20-19-13)7-2-1-3-8-17/h4-6H,1-3,7-9,17H2. The lowest BCUT2D eigenvalue weighted by Gasteiger charge is -2.01. The minimum atomic E-state index is -0.355. The number of hydrogen-bond donors (Lipinski definition) is 1. The molecular formula is C14H17ClFN3O. The van der Waals surface area contributed by atoms with E-state index in [9.17, 15) is 4.39 Å². The van der Waals surface area contributed by atoms with Gasteiger partial charge in [-0.15, -0.1) is 0 Å². The van der Waals surface area contributed by atoms with E-state index in [4.69, 9.17) is 21.9 Å². The first-order valence-corrected chi connectivity index (χ1v) is 7.03. The Bertz CT molecular complexity index is 539. The number of halogens is 2. The molecule has 4 nitrogen and oxygen atoms in total. The molecule has 1 aromatic carbocycles. The molecule has 1 aromatic heterocycles. The molecule has 0 unspecified atom stereocenters. The molecule has 0 amide bonds. The van der Waals surface area contributed by atoms with Crippen molar-refractivity contribution in [3.05, 3.63) is 46.3 Å². The first kappa shape index (κ1) is 14.9. The molecule has 0 saturated carbocycles. The molecule has 0 spiro atoms. The maximum absolute atomic E-state index is 13.6. The SMILES string of the molecule is NCCCCCc1nc(Cc2c(F)cccc2Cl)no1. The van der Waals surface area contributed by atoms with E-state index in [2.05, 4.69) is 10.1 Å². The van der Waals surface area contributed by atoms with Crippen molar-refractivity contribution in [2.24, 2.45) is 5.73 Å². The lowest BCUT2D eigenvalue weighted by atomic mass is 10.1. The Kier molecular flexibility index (Phi) is 5.49. The van der Waals surface area contributed by atoms with E-state index in [1.54, 1.807) is 12.1 Å². The van der Waals surface area contributed by atoms with E-state index in [1.165, 1.54) is 6.07 Å². The molecule has 0 radical (unpaired) electrons. The zero-order valence-corrected chi connectivity index (χ0v) is 11.9. The van der Waals surface area contributed by atoms with Gasteiger partial charge in [0.25, 0.3) is 0 Å². The molecule has 0 bridgehead atoms. The maximum atomic E-state index is 13.6. The van der Waals surface area contributed by atoms with Crippen LogP contribution in [0, 0.1) is 5.82 Å². The Morgan fingerprint density at radius 3 is 2.85 bits per heavy atom. The number of aromatic nitrogens is 2. The van der Waals surface area contributed by atoms with Crippen LogP contribution in [-0.2, 0) is 12.8 Å². The predicted octanol–water partition coefficient (Wildman–Crippen LogP) is 3.12. The summed E-state index contributed by atoms with van der Waals surface area (Å²) in [6.07, 6.45) is 3.94. The summed E-state index contributed by atoms with van der Waals surface area (Å²) in [5.41, 5.74) is 5.82. The molecule has 0 aliphatic carbocycles. The number of aryl methyl sites for hydroxylation is 1. The summed E-state index contributed by atoms with van der Waals surface area (Å²) < 4.78 is 18.8. The van der Waals surface area contributed by atoms with Gasteiger partial charge in [0, 0.05) is 23.4 Å². The Balaban J connectivity index is 1.96. The Labute approximate surface area is 122 Å². The first-order valence-electron chi connectivity index (χ1n) is 6.65. The largest absolute Gasteiger partial charge is 0.339 e. The van der Waals surface area contributed by atoms with Crippen LogP contribution in [0.3, 0.4) is 0 Å². The minimum Gasteiger partial charge on any atom is -0.339 e. The van der Waals surface area contributed by atoms with E-state index in [1.807, 2.05) is 0 Å². The quantitative estimate of drug-likeness (QED) is 0.797. The van der Waals surface area contributed by atoms with E-state index in [0.29, 0.717) is 28.8 Å². The molecule has 1 heterocycles. The second kappa shape index (κ2) is 7.36. The highest BCUT2D eigenvalue weighted by Gasteiger charge is 2.12. The third-order valence-corrected chi connectivity index (χ3v) is 3.36. The van der Waals surface area contributed by atoms with Gasteiger partial charge in [-0.2, -0.15) is 4.98 Å². The van der Waals surface area contributed by atoms with Gasteiger partial charge in [-0.05, 0) is 31.5 Å². The highest BCUT2D eigenvalue weighted by molar-refractivity contribution is 6.31. The molecule has 0 fully saturated rings. The molecule has 2 N–H and O–H groups in total. The van der Waals surface area contributed by atoms with Gasteiger partial charge in [0.1, 0.15) is 5.82 Å².